The summed E-state index contributed by atoms with van der Waals surface area (Å²) >= 11 is 1.29. The fraction of sp³-hybridized carbons (Fsp3) is 0.833. The highest BCUT2D eigenvalue weighted by Gasteiger charge is 2.13. The molecule has 0 bridgehead atoms. The Balaban J connectivity index is 3.39. The molecular formula is C6H14NO5PS. The van der Waals surface area contributed by atoms with Crippen molar-refractivity contribution in [1.82, 2.24) is 0 Å². The van der Waals surface area contributed by atoms with Gasteiger partial charge in [0.25, 0.3) is 0 Å². The number of carboxylic acid groups (broad SMARTS) is 1. The normalized spacial score (nSPS) is 13.9. The topological polar surface area (TPSA) is 121 Å². The molecule has 8 heteroatoms. The smallest absolute Gasteiger partial charge is 0.326 e. The predicted octanol–water partition coefficient (Wildman–Crippen LogP) is -0.301. The molecule has 0 saturated heterocycles. The highest BCUT2D eigenvalue weighted by atomic mass is 32.2. The standard InChI is InChI=1S/C6H14NO5PS/c7-5(6(8)9)1-3-14-4-2-13(10,11)12/h5H,1-4,7H2,(H,8,9)(H2,10,11,12)/t5-/m0/s1. The van der Waals surface area contributed by atoms with E-state index < -0.39 is 19.6 Å². The molecule has 0 saturated carbocycles. The molecule has 0 aromatic rings. The lowest BCUT2D eigenvalue weighted by molar-refractivity contribution is -0.138. The first-order valence-corrected chi connectivity index (χ1v) is 6.89. The Kier molecular flexibility index (Phi) is 6.39. The lowest BCUT2D eigenvalue weighted by Gasteiger charge is -2.06. The van der Waals surface area contributed by atoms with Crippen LogP contribution in [0.5, 0.6) is 0 Å². The van der Waals surface area contributed by atoms with Gasteiger partial charge in [0, 0.05) is 5.75 Å². The van der Waals surface area contributed by atoms with E-state index in [9.17, 15) is 9.36 Å². The van der Waals surface area contributed by atoms with Crippen LogP contribution in [0, 0.1) is 0 Å². The highest BCUT2D eigenvalue weighted by molar-refractivity contribution is 7.99. The van der Waals surface area contributed by atoms with E-state index in [1.54, 1.807) is 0 Å². The maximum absolute atomic E-state index is 10.4. The number of rotatable bonds is 7. The summed E-state index contributed by atoms with van der Waals surface area (Å²) in [6.45, 7) is 0. The monoisotopic (exact) mass is 243 g/mol. The number of thioether (sulfide) groups is 1. The van der Waals surface area contributed by atoms with Gasteiger partial charge in [0.05, 0.1) is 6.16 Å². The zero-order valence-electron chi connectivity index (χ0n) is 7.50. The molecule has 0 heterocycles. The van der Waals surface area contributed by atoms with Gasteiger partial charge in [0.2, 0.25) is 0 Å². The molecule has 0 rings (SSSR count). The van der Waals surface area contributed by atoms with Gasteiger partial charge in [-0.15, -0.1) is 0 Å². The van der Waals surface area contributed by atoms with Crippen molar-refractivity contribution in [2.75, 3.05) is 17.7 Å². The molecule has 5 N–H and O–H groups in total. The second-order valence-electron chi connectivity index (χ2n) is 2.73. The van der Waals surface area contributed by atoms with Crippen LogP contribution < -0.4 is 5.73 Å². The van der Waals surface area contributed by atoms with Gasteiger partial charge in [-0.25, -0.2) is 0 Å². The van der Waals surface area contributed by atoms with E-state index in [0.717, 1.165) is 0 Å². The van der Waals surface area contributed by atoms with E-state index in [0.29, 0.717) is 17.9 Å². The summed E-state index contributed by atoms with van der Waals surface area (Å²) in [6, 6.07) is -0.891. The van der Waals surface area contributed by atoms with Crippen LogP contribution in [0.2, 0.25) is 0 Å². The lowest BCUT2D eigenvalue weighted by atomic mass is 10.2. The van der Waals surface area contributed by atoms with Gasteiger partial charge in [0.15, 0.2) is 0 Å². The van der Waals surface area contributed by atoms with Crippen molar-refractivity contribution in [3.05, 3.63) is 0 Å². The zero-order valence-corrected chi connectivity index (χ0v) is 9.21. The van der Waals surface area contributed by atoms with Crippen LogP contribution in [-0.4, -0.2) is 44.6 Å². The maximum atomic E-state index is 10.4. The number of carbonyl (C=O) groups is 1. The van der Waals surface area contributed by atoms with E-state index in [-0.39, 0.29) is 6.16 Å². The first-order chi connectivity index (χ1) is 6.33. The van der Waals surface area contributed by atoms with E-state index in [1.807, 2.05) is 0 Å². The largest absolute Gasteiger partial charge is 0.480 e. The van der Waals surface area contributed by atoms with E-state index in [4.69, 9.17) is 20.6 Å². The van der Waals surface area contributed by atoms with Crippen molar-refractivity contribution in [2.45, 2.75) is 12.5 Å². The first-order valence-electron chi connectivity index (χ1n) is 3.93. The van der Waals surface area contributed by atoms with Crippen LogP contribution >= 0.6 is 19.4 Å². The molecule has 0 aliphatic rings. The molecule has 0 fully saturated rings. The molecule has 14 heavy (non-hydrogen) atoms. The van der Waals surface area contributed by atoms with Crippen molar-refractivity contribution < 1.29 is 24.3 Å². The summed E-state index contributed by atoms with van der Waals surface area (Å²) in [4.78, 5) is 27.3. The molecule has 0 aromatic carbocycles. The van der Waals surface area contributed by atoms with Crippen LogP contribution in [0.25, 0.3) is 0 Å². The second-order valence-corrected chi connectivity index (χ2v) is 5.74. The molecular weight excluding hydrogens is 229 g/mol. The maximum Gasteiger partial charge on any atom is 0.326 e. The van der Waals surface area contributed by atoms with Crippen LogP contribution in [0.15, 0.2) is 0 Å². The molecule has 0 aromatic heterocycles. The molecule has 84 valence electrons. The van der Waals surface area contributed by atoms with Crippen LogP contribution in [0.4, 0.5) is 0 Å². The number of carboxylic acids is 1. The quantitative estimate of drug-likeness (QED) is 0.357. The molecule has 0 spiro atoms. The van der Waals surface area contributed by atoms with Crippen molar-refractivity contribution in [1.29, 1.82) is 0 Å². The second kappa shape index (κ2) is 6.42. The minimum absolute atomic E-state index is 0.181. The number of aliphatic carboxylic acids is 1. The Hall–Kier alpha value is -0.0700. The Morgan fingerprint density at radius 3 is 2.43 bits per heavy atom. The van der Waals surface area contributed by atoms with Crippen LogP contribution in [0.3, 0.4) is 0 Å². The minimum Gasteiger partial charge on any atom is -0.480 e. The van der Waals surface area contributed by atoms with Crippen molar-refractivity contribution >= 4 is 25.3 Å². The number of hydrogen-bond donors (Lipinski definition) is 4. The van der Waals surface area contributed by atoms with Gasteiger partial charge >= 0.3 is 13.6 Å². The number of hydrogen-bond acceptors (Lipinski definition) is 4. The third kappa shape index (κ3) is 8.52. The Morgan fingerprint density at radius 1 is 1.43 bits per heavy atom. The highest BCUT2D eigenvalue weighted by Crippen LogP contribution is 2.34. The van der Waals surface area contributed by atoms with Gasteiger partial charge in [-0.2, -0.15) is 11.8 Å². The molecule has 0 aliphatic heterocycles. The lowest BCUT2D eigenvalue weighted by Crippen LogP contribution is -2.30. The van der Waals surface area contributed by atoms with Gasteiger partial charge in [0.1, 0.15) is 6.04 Å². The molecule has 1 atom stereocenters. The summed E-state index contributed by atoms with van der Waals surface area (Å²) in [5.41, 5.74) is 5.22. The first kappa shape index (κ1) is 13.9. The summed E-state index contributed by atoms with van der Waals surface area (Å²) < 4.78 is 10.4. The third-order valence-corrected chi connectivity index (χ3v) is 3.54. The number of nitrogens with two attached hydrogens (primary N) is 1. The molecule has 0 amide bonds. The van der Waals surface area contributed by atoms with Crippen molar-refractivity contribution in [3.63, 3.8) is 0 Å². The average Bonchev–Trinajstić information content (AvgIpc) is 2.01. The van der Waals surface area contributed by atoms with Crippen molar-refractivity contribution in [3.8, 4) is 0 Å². The Labute approximate surface area is 86.0 Å². The fourth-order valence-corrected chi connectivity index (χ4v) is 2.71. The summed E-state index contributed by atoms with van der Waals surface area (Å²) in [7, 11) is -3.92. The van der Waals surface area contributed by atoms with Crippen molar-refractivity contribution in [2.24, 2.45) is 5.73 Å². The van der Waals surface area contributed by atoms with E-state index in [2.05, 4.69) is 0 Å². The SMILES string of the molecule is N[C@@H](CCSCCP(=O)(O)O)C(=O)O. The molecule has 6 nitrogen and oxygen atoms in total. The van der Waals surface area contributed by atoms with Gasteiger partial charge < -0.3 is 20.6 Å². The summed E-state index contributed by atoms with van der Waals surface area (Å²) in [6.07, 6.45) is 0.126. The summed E-state index contributed by atoms with van der Waals surface area (Å²) in [5, 5.41) is 8.41. The van der Waals surface area contributed by atoms with Gasteiger partial charge in [-0.3, -0.25) is 9.36 Å². The zero-order chi connectivity index (χ0) is 11.2. The van der Waals surface area contributed by atoms with Gasteiger partial charge in [-0.05, 0) is 12.2 Å². The molecule has 0 aliphatic carbocycles. The minimum atomic E-state index is -3.92. The molecule has 0 radical (unpaired) electrons. The van der Waals surface area contributed by atoms with E-state index >= 15 is 0 Å². The van der Waals surface area contributed by atoms with E-state index in [1.165, 1.54) is 11.8 Å². The summed E-state index contributed by atoms with van der Waals surface area (Å²) in [5.74, 6) is -0.245. The average molecular weight is 243 g/mol. The van der Waals surface area contributed by atoms with Gasteiger partial charge in [-0.1, -0.05) is 0 Å². The third-order valence-electron chi connectivity index (χ3n) is 1.42. The van der Waals surface area contributed by atoms with Crippen LogP contribution in [-0.2, 0) is 9.36 Å². The molecule has 0 unspecified atom stereocenters. The van der Waals surface area contributed by atoms with Crippen LogP contribution in [0.1, 0.15) is 6.42 Å². The predicted molar refractivity (Wildman–Crippen MR) is 54.5 cm³/mol. The Bertz CT molecular complexity index is 230. The Morgan fingerprint density at radius 2 is 2.00 bits per heavy atom. The fourth-order valence-electron chi connectivity index (χ4n) is 0.619.